The fraction of sp³-hybridized carbons (Fsp3) is 0.909. The van der Waals surface area contributed by atoms with E-state index < -0.39 is 0 Å². The third-order valence-electron chi connectivity index (χ3n) is 3.19. The number of rotatable bonds is 0. The Bertz CT molecular complexity index is 213. The summed E-state index contributed by atoms with van der Waals surface area (Å²) >= 11 is 0. The van der Waals surface area contributed by atoms with Gasteiger partial charge in [0.2, 0.25) is 6.34 Å². The summed E-state index contributed by atoms with van der Waals surface area (Å²) in [5.74, 6) is 0. The zero-order valence-corrected chi connectivity index (χ0v) is 9.28. The van der Waals surface area contributed by atoms with Crippen LogP contribution < -0.4 is 0 Å². The van der Waals surface area contributed by atoms with E-state index in [4.69, 9.17) is 0 Å². The largest absolute Gasteiger partial charge is 0.306 e. The molecule has 14 heavy (non-hydrogen) atoms. The van der Waals surface area contributed by atoms with Crippen LogP contribution in [0.25, 0.3) is 0 Å². The Morgan fingerprint density at radius 3 is 2.43 bits per heavy atom. The second-order valence-corrected chi connectivity index (χ2v) is 4.55. The third kappa shape index (κ3) is 2.71. The summed E-state index contributed by atoms with van der Waals surface area (Å²) in [5.41, 5.74) is 0. The molecule has 0 amide bonds. The van der Waals surface area contributed by atoms with Crippen LogP contribution in [0.5, 0.6) is 0 Å². The van der Waals surface area contributed by atoms with Crippen molar-refractivity contribution >= 4 is 6.34 Å². The molecule has 0 aromatic carbocycles. The van der Waals surface area contributed by atoms with Crippen molar-refractivity contribution in [3.05, 3.63) is 0 Å². The van der Waals surface area contributed by atoms with Gasteiger partial charge < -0.3 is 4.90 Å². The molecule has 2 aliphatic rings. The first kappa shape index (κ1) is 9.97. The lowest BCUT2D eigenvalue weighted by molar-refractivity contribution is -0.533. The molecule has 2 bridgehead atoms. The molecular formula is C11H22N3+. The van der Waals surface area contributed by atoms with Crippen molar-refractivity contribution in [3.63, 3.8) is 0 Å². The fourth-order valence-corrected chi connectivity index (χ4v) is 2.36. The van der Waals surface area contributed by atoms with Crippen molar-refractivity contribution in [2.75, 3.05) is 46.3 Å². The highest BCUT2D eigenvalue weighted by atomic mass is 15.2. The second-order valence-electron chi connectivity index (χ2n) is 4.55. The molecule has 0 N–H and O–H groups in total. The van der Waals surface area contributed by atoms with Crippen LogP contribution >= 0.6 is 0 Å². The minimum absolute atomic E-state index is 1.24. The van der Waals surface area contributed by atoms with Gasteiger partial charge in [0.15, 0.2) is 0 Å². The summed E-state index contributed by atoms with van der Waals surface area (Å²) in [4.78, 5) is 4.95. The Balaban J connectivity index is 1.96. The third-order valence-corrected chi connectivity index (χ3v) is 3.19. The standard InChI is InChI=1S/C11H22N3/c1-12-5-2-7-13-9-4-10-14(11-13)8-3-6-12/h11H,2-10H2,1H3/q+1. The first-order valence-electron chi connectivity index (χ1n) is 5.86. The van der Waals surface area contributed by atoms with Gasteiger partial charge in [-0.2, -0.15) is 0 Å². The first-order chi connectivity index (χ1) is 6.84. The van der Waals surface area contributed by atoms with Gasteiger partial charge in [0.1, 0.15) is 0 Å². The van der Waals surface area contributed by atoms with Crippen LogP contribution in [-0.4, -0.2) is 67.0 Å². The lowest BCUT2D eigenvalue weighted by Gasteiger charge is -2.24. The van der Waals surface area contributed by atoms with Crippen LogP contribution in [-0.2, 0) is 0 Å². The Labute approximate surface area is 87.0 Å². The minimum atomic E-state index is 1.24. The smallest absolute Gasteiger partial charge is 0.234 e. The SMILES string of the molecule is CN1CCCN2C=[N+](CCC1)CCC2. The topological polar surface area (TPSA) is 9.49 Å². The monoisotopic (exact) mass is 196 g/mol. The second kappa shape index (κ2) is 4.78. The average molecular weight is 196 g/mol. The Morgan fingerprint density at radius 1 is 0.929 bits per heavy atom. The van der Waals surface area contributed by atoms with Gasteiger partial charge in [0.25, 0.3) is 0 Å². The summed E-state index contributed by atoms with van der Waals surface area (Å²) in [7, 11) is 2.24. The number of hydrogen-bond acceptors (Lipinski definition) is 2. The van der Waals surface area contributed by atoms with Crippen LogP contribution in [0.1, 0.15) is 19.3 Å². The quantitative estimate of drug-likeness (QED) is 0.521. The Kier molecular flexibility index (Phi) is 3.40. The lowest BCUT2D eigenvalue weighted by atomic mass is 10.2. The van der Waals surface area contributed by atoms with Crippen LogP contribution in [0.15, 0.2) is 0 Å². The van der Waals surface area contributed by atoms with E-state index >= 15 is 0 Å². The normalized spacial score (nSPS) is 25.8. The summed E-state index contributed by atoms with van der Waals surface area (Å²) < 4.78 is 2.49. The molecule has 0 aromatic rings. The van der Waals surface area contributed by atoms with E-state index in [-0.39, 0.29) is 0 Å². The Hall–Kier alpha value is -0.570. The minimum Gasteiger partial charge on any atom is -0.306 e. The van der Waals surface area contributed by atoms with Crippen molar-refractivity contribution in [3.8, 4) is 0 Å². The zero-order valence-electron chi connectivity index (χ0n) is 9.28. The predicted octanol–water partition coefficient (Wildman–Crippen LogP) is 0.458. The summed E-state index contributed by atoms with van der Waals surface area (Å²) in [5, 5.41) is 0. The van der Waals surface area contributed by atoms with E-state index in [0.29, 0.717) is 0 Å². The van der Waals surface area contributed by atoms with Gasteiger partial charge in [-0.1, -0.05) is 0 Å². The van der Waals surface area contributed by atoms with Gasteiger partial charge >= 0.3 is 0 Å². The molecule has 2 rings (SSSR count). The van der Waals surface area contributed by atoms with Gasteiger partial charge in [-0.25, -0.2) is 0 Å². The first-order valence-corrected chi connectivity index (χ1v) is 5.86. The molecule has 0 spiro atoms. The molecule has 3 heteroatoms. The molecule has 2 heterocycles. The van der Waals surface area contributed by atoms with E-state index in [2.05, 4.69) is 27.8 Å². The molecule has 0 atom stereocenters. The van der Waals surface area contributed by atoms with Gasteiger partial charge in [-0.3, -0.25) is 9.48 Å². The molecule has 2 aliphatic heterocycles. The van der Waals surface area contributed by atoms with Crippen molar-refractivity contribution < 1.29 is 4.58 Å². The molecule has 80 valence electrons. The van der Waals surface area contributed by atoms with E-state index in [1.807, 2.05) is 0 Å². The van der Waals surface area contributed by atoms with E-state index in [0.717, 1.165) is 0 Å². The summed E-state index contributed by atoms with van der Waals surface area (Å²) in [6.07, 6.45) is 6.31. The van der Waals surface area contributed by atoms with Gasteiger partial charge in [0, 0.05) is 19.5 Å². The highest BCUT2D eigenvalue weighted by molar-refractivity contribution is 5.49. The van der Waals surface area contributed by atoms with E-state index in [1.165, 1.54) is 58.5 Å². The highest BCUT2D eigenvalue weighted by Crippen LogP contribution is 2.02. The molecule has 0 aliphatic carbocycles. The molecule has 0 aromatic heterocycles. The van der Waals surface area contributed by atoms with Crippen LogP contribution in [0, 0.1) is 0 Å². The summed E-state index contributed by atoms with van der Waals surface area (Å²) in [6.45, 7) is 7.51. The van der Waals surface area contributed by atoms with Gasteiger partial charge in [-0.15, -0.1) is 0 Å². The van der Waals surface area contributed by atoms with Crippen molar-refractivity contribution in [2.45, 2.75) is 19.3 Å². The van der Waals surface area contributed by atoms with Crippen molar-refractivity contribution in [1.82, 2.24) is 9.80 Å². The van der Waals surface area contributed by atoms with Crippen molar-refractivity contribution in [1.29, 1.82) is 0 Å². The molecule has 0 fully saturated rings. The number of hydrogen-bond donors (Lipinski definition) is 0. The van der Waals surface area contributed by atoms with Crippen molar-refractivity contribution in [2.24, 2.45) is 0 Å². The maximum Gasteiger partial charge on any atom is 0.234 e. The highest BCUT2D eigenvalue weighted by Gasteiger charge is 2.17. The van der Waals surface area contributed by atoms with Crippen LogP contribution in [0.3, 0.4) is 0 Å². The summed E-state index contributed by atoms with van der Waals surface area (Å²) in [6, 6.07) is 0. The lowest BCUT2D eigenvalue weighted by Crippen LogP contribution is -2.39. The van der Waals surface area contributed by atoms with Gasteiger partial charge in [0.05, 0.1) is 26.2 Å². The molecule has 0 saturated carbocycles. The molecule has 3 nitrogen and oxygen atoms in total. The van der Waals surface area contributed by atoms with E-state index in [1.54, 1.807) is 0 Å². The van der Waals surface area contributed by atoms with Crippen LogP contribution in [0.4, 0.5) is 0 Å². The molecule has 0 unspecified atom stereocenters. The number of nitrogens with zero attached hydrogens (tertiary/aromatic N) is 3. The maximum absolute atomic E-state index is 2.49. The maximum atomic E-state index is 2.49. The van der Waals surface area contributed by atoms with Crippen LogP contribution in [0.2, 0.25) is 0 Å². The number of fused-ring (bicyclic) bond motifs is 1. The Morgan fingerprint density at radius 2 is 1.57 bits per heavy atom. The van der Waals surface area contributed by atoms with E-state index in [9.17, 15) is 0 Å². The molecule has 0 saturated heterocycles. The average Bonchev–Trinajstić information content (AvgIpc) is 2.18. The molecule has 0 radical (unpaired) electrons. The zero-order chi connectivity index (χ0) is 9.80. The predicted molar refractivity (Wildman–Crippen MR) is 59.0 cm³/mol. The molecular weight excluding hydrogens is 174 g/mol. The van der Waals surface area contributed by atoms with Gasteiger partial charge in [-0.05, 0) is 19.9 Å². The fourth-order valence-electron chi connectivity index (χ4n) is 2.36.